The van der Waals surface area contributed by atoms with Crippen LogP contribution in [-0.4, -0.2) is 9.55 Å². The minimum absolute atomic E-state index is 0.891. The maximum atomic E-state index is 5.65. The molecule has 0 saturated heterocycles. The molecule has 0 N–H and O–H groups in total. The lowest BCUT2D eigenvalue weighted by molar-refractivity contribution is 0.616. The summed E-state index contributed by atoms with van der Waals surface area (Å²) in [5, 5.41) is 4.70. The first-order valence-corrected chi connectivity index (χ1v) is 8.65. The summed E-state index contributed by atoms with van der Waals surface area (Å²) in [6, 6.07) is 27.2. The molecule has 6 rings (SSSR count). The molecule has 3 nitrogen and oxygen atoms in total. The zero-order valence-electron chi connectivity index (χ0n) is 13.9. The largest absolute Gasteiger partial charge is 0.464 e. The number of fused-ring (bicyclic) bond motifs is 5. The van der Waals surface area contributed by atoms with Crippen LogP contribution in [0.25, 0.3) is 49.5 Å². The maximum absolute atomic E-state index is 5.65. The van der Waals surface area contributed by atoms with Gasteiger partial charge in [0.15, 0.2) is 0 Å². The van der Waals surface area contributed by atoms with Gasteiger partial charge in [-0.05, 0) is 36.4 Å². The minimum atomic E-state index is 0.891. The van der Waals surface area contributed by atoms with Crippen LogP contribution in [0.3, 0.4) is 0 Å². The van der Waals surface area contributed by atoms with E-state index in [9.17, 15) is 0 Å². The van der Waals surface area contributed by atoms with Crippen molar-refractivity contribution >= 4 is 43.7 Å². The van der Waals surface area contributed by atoms with Gasteiger partial charge in [-0.15, -0.1) is 0 Å². The molecule has 3 aromatic heterocycles. The Morgan fingerprint density at radius 2 is 1.58 bits per heavy atom. The van der Waals surface area contributed by atoms with Gasteiger partial charge in [0.1, 0.15) is 11.4 Å². The van der Waals surface area contributed by atoms with Crippen LogP contribution < -0.4 is 0 Å². The first kappa shape index (κ1) is 13.7. The summed E-state index contributed by atoms with van der Waals surface area (Å²) in [7, 11) is 0. The van der Waals surface area contributed by atoms with Crippen molar-refractivity contribution in [3.05, 3.63) is 85.1 Å². The van der Waals surface area contributed by atoms with Crippen molar-refractivity contribution in [3.63, 3.8) is 0 Å². The molecule has 0 aliphatic rings. The predicted octanol–water partition coefficient (Wildman–Crippen LogP) is 6.08. The molecule has 0 bridgehead atoms. The van der Waals surface area contributed by atoms with Gasteiger partial charge < -0.3 is 4.42 Å². The second-order valence-corrected chi connectivity index (χ2v) is 6.54. The predicted molar refractivity (Wildman–Crippen MR) is 106 cm³/mol. The summed E-state index contributed by atoms with van der Waals surface area (Å²) in [5.41, 5.74) is 4.15. The molecule has 0 atom stereocenters. The topological polar surface area (TPSA) is 31.0 Å². The lowest BCUT2D eigenvalue weighted by Gasteiger charge is -2.08. The second kappa shape index (κ2) is 4.96. The van der Waals surface area contributed by atoms with Gasteiger partial charge in [0.05, 0.1) is 22.8 Å². The third-order valence-electron chi connectivity index (χ3n) is 5.06. The fraction of sp³-hybridized carbons (Fsp3) is 0. The summed E-state index contributed by atoms with van der Waals surface area (Å²) < 4.78 is 7.87. The zero-order valence-corrected chi connectivity index (χ0v) is 13.9. The lowest BCUT2D eigenvalue weighted by Crippen LogP contribution is -1.97. The van der Waals surface area contributed by atoms with E-state index in [4.69, 9.17) is 9.40 Å². The van der Waals surface area contributed by atoms with Crippen LogP contribution in [0.5, 0.6) is 0 Å². The van der Waals surface area contributed by atoms with Crippen LogP contribution in [0.15, 0.2) is 89.5 Å². The quantitative estimate of drug-likeness (QED) is 0.365. The molecule has 0 aliphatic carbocycles. The smallest absolute Gasteiger partial charge is 0.138 e. The minimum Gasteiger partial charge on any atom is -0.464 e. The molecule has 3 heteroatoms. The molecule has 0 unspecified atom stereocenters. The van der Waals surface area contributed by atoms with Crippen molar-refractivity contribution in [2.75, 3.05) is 0 Å². The van der Waals surface area contributed by atoms with Crippen molar-refractivity contribution in [2.45, 2.75) is 0 Å². The molecule has 0 fully saturated rings. The Morgan fingerprint density at radius 1 is 0.692 bits per heavy atom. The van der Waals surface area contributed by atoms with E-state index in [-0.39, 0.29) is 0 Å². The lowest BCUT2D eigenvalue weighted by atomic mass is 10.1. The van der Waals surface area contributed by atoms with E-state index >= 15 is 0 Å². The monoisotopic (exact) mass is 334 g/mol. The Balaban J connectivity index is 1.79. The first-order chi connectivity index (χ1) is 12.9. The Labute approximate surface area is 149 Å². The second-order valence-electron chi connectivity index (χ2n) is 6.54. The van der Waals surface area contributed by atoms with E-state index in [2.05, 4.69) is 65.2 Å². The highest BCUT2D eigenvalue weighted by atomic mass is 16.3. The standard InChI is InChI=1S/C23H14N2O/c1-3-7-19-15(5-1)9-10-23(24-19)25-20-8-4-2-6-17(20)18-13-16-11-12-26-22(16)14-21(18)25/h1-14H. The number of aromatic nitrogens is 2. The van der Waals surface area contributed by atoms with E-state index < -0.39 is 0 Å². The molecular formula is C23H14N2O. The van der Waals surface area contributed by atoms with E-state index in [1.54, 1.807) is 6.26 Å². The van der Waals surface area contributed by atoms with Gasteiger partial charge in [-0.25, -0.2) is 4.98 Å². The van der Waals surface area contributed by atoms with Gasteiger partial charge in [-0.2, -0.15) is 0 Å². The Morgan fingerprint density at radius 3 is 2.58 bits per heavy atom. The van der Waals surface area contributed by atoms with Crippen molar-refractivity contribution in [3.8, 4) is 5.82 Å². The Bertz CT molecular complexity index is 1440. The molecule has 3 aromatic carbocycles. The van der Waals surface area contributed by atoms with Crippen LogP contribution in [0.4, 0.5) is 0 Å². The average molecular weight is 334 g/mol. The van der Waals surface area contributed by atoms with Gasteiger partial charge in [0.25, 0.3) is 0 Å². The SMILES string of the molecule is c1ccc2nc(-n3c4ccccc4c4cc5ccoc5cc43)ccc2c1. The molecule has 0 saturated carbocycles. The summed E-state index contributed by atoms with van der Waals surface area (Å²) in [5.74, 6) is 0.917. The fourth-order valence-electron chi connectivity index (χ4n) is 3.85. The van der Waals surface area contributed by atoms with Crippen LogP contribution in [0.2, 0.25) is 0 Å². The molecular weight excluding hydrogens is 320 g/mol. The maximum Gasteiger partial charge on any atom is 0.138 e. The number of benzene rings is 3. The summed E-state index contributed by atoms with van der Waals surface area (Å²) in [4.78, 5) is 4.92. The van der Waals surface area contributed by atoms with E-state index in [0.29, 0.717) is 0 Å². The van der Waals surface area contributed by atoms with Crippen molar-refractivity contribution < 1.29 is 4.42 Å². The van der Waals surface area contributed by atoms with Crippen molar-refractivity contribution in [2.24, 2.45) is 0 Å². The average Bonchev–Trinajstić information content (AvgIpc) is 3.27. The number of hydrogen-bond acceptors (Lipinski definition) is 2. The van der Waals surface area contributed by atoms with Gasteiger partial charge in [-0.1, -0.05) is 36.4 Å². The number of furan rings is 1. The van der Waals surface area contributed by atoms with Crippen LogP contribution >= 0.6 is 0 Å². The summed E-state index contributed by atoms with van der Waals surface area (Å²) >= 11 is 0. The van der Waals surface area contributed by atoms with Gasteiger partial charge in [0, 0.05) is 27.6 Å². The van der Waals surface area contributed by atoms with Gasteiger partial charge >= 0.3 is 0 Å². The van der Waals surface area contributed by atoms with Gasteiger partial charge in [0.2, 0.25) is 0 Å². The highest BCUT2D eigenvalue weighted by molar-refractivity contribution is 6.12. The zero-order chi connectivity index (χ0) is 17.1. The molecule has 6 aromatic rings. The number of hydrogen-bond donors (Lipinski definition) is 0. The van der Waals surface area contributed by atoms with Gasteiger partial charge in [-0.3, -0.25) is 4.57 Å². The highest BCUT2D eigenvalue weighted by Crippen LogP contribution is 2.34. The molecule has 122 valence electrons. The summed E-state index contributed by atoms with van der Waals surface area (Å²) in [6.45, 7) is 0. The van der Waals surface area contributed by atoms with Crippen LogP contribution in [0.1, 0.15) is 0 Å². The summed E-state index contributed by atoms with van der Waals surface area (Å²) in [6.07, 6.45) is 1.74. The molecule has 3 heterocycles. The number of rotatable bonds is 1. The van der Waals surface area contributed by atoms with E-state index in [1.165, 1.54) is 10.8 Å². The number of nitrogens with zero attached hydrogens (tertiary/aromatic N) is 2. The normalized spacial score (nSPS) is 11.8. The van der Waals surface area contributed by atoms with Crippen molar-refractivity contribution in [1.82, 2.24) is 9.55 Å². The molecule has 0 spiro atoms. The highest BCUT2D eigenvalue weighted by Gasteiger charge is 2.14. The first-order valence-electron chi connectivity index (χ1n) is 8.65. The molecule has 0 aliphatic heterocycles. The third-order valence-corrected chi connectivity index (χ3v) is 5.06. The fourth-order valence-corrected chi connectivity index (χ4v) is 3.85. The molecule has 0 radical (unpaired) electrons. The molecule has 0 amide bonds. The Kier molecular flexibility index (Phi) is 2.61. The van der Waals surface area contributed by atoms with Crippen LogP contribution in [0, 0.1) is 0 Å². The van der Waals surface area contributed by atoms with Crippen LogP contribution in [-0.2, 0) is 0 Å². The Hall–Kier alpha value is -3.59. The number of pyridine rings is 1. The molecule has 26 heavy (non-hydrogen) atoms. The third kappa shape index (κ3) is 1.80. The van der Waals surface area contributed by atoms with E-state index in [0.717, 1.165) is 38.7 Å². The van der Waals surface area contributed by atoms with Crippen molar-refractivity contribution in [1.29, 1.82) is 0 Å². The van der Waals surface area contributed by atoms with E-state index in [1.807, 2.05) is 18.2 Å². The number of para-hydroxylation sites is 2.